The molecule has 0 radical (unpaired) electrons. The molecule has 13 nitrogen and oxygen atoms in total. The van der Waals surface area contributed by atoms with Gasteiger partial charge in [-0.05, 0) is 53.8 Å². The van der Waals surface area contributed by atoms with Crippen LogP contribution in [0.2, 0.25) is 0 Å². The average molecular weight is 769 g/mol. The Balaban J connectivity index is 1.93. The highest BCUT2D eigenvalue weighted by atomic mass is 16.2. The van der Waals surface area contributed by atoms with Gasteiger partial charge in [-0.15, -0.1) is 6.58 Å². The van der Waals surface area contributed by atoms with E-state index in [2.05, 4.69) is 27.8 Å². The molecule has 308 valence electrons. The van der Waals surface area contributed by atoms with Crippen LogP contribution >= 0.6 is 0 Å². The molecule has 1 unspecified atom stereocenters. The van der Waals surface area contributed by atoms with Crippen molar-refractivity contribution in [2.75, 3.05) is 31.6 Å². The molecule has 13 heteroatoms. The van der Waals surface area contributed by atoms with E-state index in [9.17, 15) is 33.6 Å². The zero-order valence-electron chi connectivity index (χ0n) is 35.3. The van der Waals surface area contributed by atoms with Gasteiger partial charge in [-0.3, -0.25) is 28.8 Å². The Morgan fingerprint density at radius 3 is 2.11 bits per heavy atom. The Labute approximate surface area is 327 Å². The predicted octanol–water partition coefficient (Wildman–Crippen LogP) is 4.10. The van der Waals surface area contributed by atoms with Crippen molar-refractivity contribution in [3.63, 3.8) is 0 Å². The normalized spacial score (nSPS) is 20.3. The van der Waals surface area contributed by atoms with Crippen molar-refractivity contribution >= 4 is 35.2 Å². The summed E-state index contributed by atoms with van der Waals surface area (Å²) in [5.41, 5.74) is -1.78. The summed E-state index contributed by atoms with van der Waals surface area (Å²) in [4.78, 5) is 97.6. The number of anilines is 1. The van der Waals surface area contributed by atoms with E-state index in [0.717, 1.165) is 19.3 Å². The van der Waals surface area contributed by atoms with E-state index in [0.29, 0.717) is 43.5 Å². The number of Topliss-reactive ketones (excluding diaryl/α,β-unsaturated/α-hetero) is 1. The number of rotatable bonds is 16. The molecule has 0 bridgehead atoms. The van der Waals surface area contributed by atoms with Crippen LogP contribution in [0.15, 0.2) is 22.2 Å². The highest BCUT2D eigenvalue weighted by Crippen LogP contribution is 2.41. The Kier molecular flexibility index (Phi) is 15.1. The molecule has 1 aliphatic heterocycles. The zero-order chi connectivity index (χ0) is 41.6. The first kappa shape index (κ1) is 45.4. The molecule has 1 aliphatic carbocycles. The third kappa shape index (κ3) is 10.6. The van der Waals surface area contributed by atoms with Gasteiger partial charge in [0, 0.05) is 32.2 Å². The Hall–Kier alpha value is -4.03. The molecule has 55 heavy (non-hydrogen) atoms. The van der Waals surface area contributed by atoms with Gasteiger partial charge in [-0.25, -0.2) is 4.79 Å². The van der Waals surface area contributed by atoms with Gasteiger partial charge in [-0.1, -0.05) is 101 Å². The molecule has 1 saturated carbocycles. The number of ketones is 1. The fraction of sp³-hybridized carbons (Fsp3) is 0.738. The molecule has 5 amide bonds. The van der Waals surface area contributed by atoms with Crippen LogP contribution in [-0.2, 0) is 24.6 Å². The van der Waals surface area contributed by atoms with Gasteiger partial charge in [0.1, 0.15) is 12.1 Å². The number of nitrogens with zero attached hydrogens (tertiary/aromatic N) is 2. The second kappa shape index (κ2) is 18.3. The van der Waals surface area contributed by atoms with Crippen LogP contribution < -0.4 is 37.0 Å². The summed E-state index contributed by atoms with van der Waals surface area (Å²) in [6, 6.07) is -3.94. The molecule has 1 saturated heterocycles. The summed E-state index contributed by atoms with van der Waals surface area (Å²) < 4.78 is 0. The minimum absolute atomic E-state index is 0.0287. The quantitative estimate of drug-likeness (QED) is 0.144. The summed E-state index contributed by atoms with van der Waals surface area (Å²) in [5, 5.41) is 11.5. The largest absolute Gasteiger partial charge is 0.369 e. The second-order valence-electron chi connectivity index (χ2n) is 18.6. The van der Waals surface area contributed by atoms with Gasteiger partial charge < -0.3 is 31.1 Å². The number of urea groups is 1. The standard InChI is InChI=1S/C42H68N6O7/c1-13-18-27(32(49)37(53)43-22-14-2)44-36(52)30-26(25(3)4)19-23-48(30)38(54)35(42(11)20-16-15-17-21-42)46-39(55)45-28(40(5,6)7)24-47(12)31-29(41(8,9)10)33(50)34(31)51/h14,25-28,30,35H,2,13,15-24H2,1,3-12H3,(H,43,53)(H,44,52)(H2,45,46,55)/t26-,27?,28-,30+,35-/m1/s1. The third-order valence-corrected chi connectivity index (χ3v) is 11.7. The maximum Gasteiger partial charge on any atom is 0.315 e. The second-order valence-corrected chi connectivity index (χ2v) is 18.6. The Morgan fingerprint density at radius 2 is 1.58 bits per heavy atom. The SMILES string of the molecule is C=CCNC(=O)C(=O)C(CCC)NC(=O)[C@@H]1[C@@H](C(C)C)CCN1C(=O)[C@@H](NC(=O)N[C@H](CN(C)c1c(C(C)(C)C)c(=O)c1=O)C(C)(C)C)C1(C)CCCCC1. The smallest absolute Gasteiger partial charge is 0.315 e. The van der Waals surface area contributed by atoms with Crippen molar-refractivity contribution in [3.05, 3.63) is 38.7 Å². The van der Waals surface area contributed by atoms with Crippen molar-refractivity contribution < 1.29 is 24.0 Å². The van der Waals surface area contributed by atoms with Crippen molar-refractivity contribution in [2.24, 2.45) is 22.7 Å². The van der Waals surface area contributed by atoms with E-state index < -0.39 is 74.9 Å². The molecule has 4 N–H and O–H groups in total. The highest BCUT2D eigenvalue weighted by Gasteiger charge is 2.50. The lowest BCUT2D eigenvalue weighted by Gasteiger charge is -2.43. The fourth-order valence-electron chi connectivity index (χ4n) is 8.34. The summed E-state index contributed by atoms with van der Waals surface area (Å²) in [6.45, 7) is 23.7. The molecular formula is C42H68N6O7. The van der Waals surface area contributed by atoms with Crippen LogP contribution in [0.3, 0.4) is 0 Å². The number of carbonyl (C=O) groups is 5. The van der Waals surface area contributed by atoms with Crippen LogP contribution in [0.5, 0.6) is 0 Å². The monoisotopic (exact) mass is 769 g/mol. The number of likely N-dealkylation sites (N-methyl/N-ethyl adjacent to an activating group) is 1. The predicted molar refractivity (Wildman–Crippen MR) is 217 cm³/mol. The number of carbonyl (C=O) groups excluding carboxylic acids is 5. The van der Waals surface area contributed by atoms with Gasteiger partial charge in [0.05, 0.1) is 17.8 Å². The van der Waals surface area contributed by atoms with E-state index in [1.807, 2.05) is 69.2 Å². The molecular weight excluding hydrogens is 700 g/mol. The molecule has 1 heterocycles. The molecule has 1 aromatic rings. The first-order valence-electron chi connectivity index (χ1n) is 20.2. The molecule has 0 spiro atoms. The van der Waals surface area contributed by atoms with Crippen LogP contribution in [-0.4, -0.2) is 85.3 Å². The lowest BCUT2D eigenvalue weighted by molar-refractivity contribution is -0.145. The van der Waals surface area contributed by atoms with Gasteiger partial charge in [0.15, 0.2) is 0 Å². The van der Waals surface area contributed by atoms with Crippen molar-refractivity contribution in [2.45, 2.75) is 150 Å². The molecule has 2 aliphatic rings. The number of nitrogens with one attached hydrogen (secondary N) is 4. The summed E-state index contributed by atoms with van der Waals surface area (Å²) >= 11 is 0. The minimum Gasteiger partial charge on any atom is -0.369 e. The Bertz CT molecular complexity index is 1640. The summed E-state index contributed by atoms with van der Waals surface area (Å²) in [7, 11) is 1.75. The van der Waals surface area contributed by atoms with Gasteiger partial charge in [0.2, 0.25) is 28.5 Å². The minimum atomic E-state index is -1.06. The maximum atomic E-state index is 14.9. The van der Waals surface area contributed by atoms with Crippen LogP contribution in [0, 0.1) is 22.7 Å². The number of hydrogen-bond donors (Lipinski definition) is 4. The van der Waals surface area contributed by atoms with Crippen molar-refractivity contribution in [3.8, 4) is 0 Å². The molecule has 1 aromatic carbocycles. The van der Waals surface area contributed by atoms with Crippen molar-refractivity contribution in [1.82, 2.24) is 26.2 Å². The lowest BCUT2D eigenvalue weighted by atomic mass is 9.70. The highest BCUT2D eigenvalue weighted by molar-refractivity contribution is 6.38. The molecule has 2 fully saturated rings. The van der Waals surface area contributed by atoms with Crippen LogP contribution in [0.4, 0.5) is 10.5 Å². The molecule has 0 aromatic heterocycles. The van der Waals surface area contributed by atoms with Gasteiger partial charge in [0.25, 0.3) is 5.91 Å². The fourth-order valence-corrected chi connectivity index (χ4v) is 8.34. The Morgan fingerprint density at radius 1 is 0.964 bits per heavy atom. The topological polar surface area (TPSA) is 174 Å². The van der Waals surface area contributed by atoms with E-state index in [1.54, 1.807) is 16.8 Å². The summed E-state index contributed by atoms with van der Waals surface area (Å²) in [5.74, 6) is -2.59. The zero-order valence-corrected chi connectivity index (χ0v) is 35.3. The first-order valence-corrected chi connectivity index (χ1v) is 20.2. The number of amides is 5. The molecule has 5 atom stereocenters. The maximum absolute atomic E-state index is 14.9. The van der Waals surface area contributed by atoms with Crippen LogP contribution in [0.1, 0.15) is 126 Å². The average Bonchev–Trinajstić information content (AvgIpc) is 3.55. The first-order chi connectivity index (χ1) is 25.5. The van der Waals surface area contributed by atoms with E-state index >= 15 is 0 Å². The number of hydrogen-bond acceptors (Lipinski definition) is 8. The number of likely N-dealkylation sites (tertiary alicyclic amines) is 1. The van der Waals surface area contributed by atoms with Gasteiger partial charge in [-0.2, -0.15) is 0 Å². The van der Waals surface area contributed by atoms with E-state index in [4.69, 9.17) is 0 Å². The van der Waals surface area contributed by atoms with E-state index in [1.165, 1.54) is 6.08 Å². The molecule has 3 rings (SSSR count). The lowest BCUT2D eigenvalue weighted by Crippen LogP contribution is -2.63. The van der Waals surface area contributed by atoms with E-state index in [-0.39, 0.29) is 37.3 Å². The third-order valence-electron chi connectivity index (χ3n) is 11.7. The van der Waals surface area contributed by atoms with Crippen LogP contribution in [0.25, 0.3) is 0 Å². The van der Waals surface area contributed by atoms with Crippen molar-refractivity contribution in [1.29, 1.82) is 0 Å². The summed E-state index contributed by atoms with van der Waals surface area (Å²) in [6.07, 6.45) is 7.05. The van der Waals surface area contributed by atoms with Gasteiger partial charge >= 0.3 is 6.03 Å².